The van der Waals surface area contributed by atoms with Gasteiger partial charge in [0.2, 0.25) is 0 Å². The van der Waals surface area contributed by atoms with Crippen LogP contribution in [-0.2, 0) is 10.1 Å². The summed E-state index contributed by atoms with van der Waals surface area (Å²) in [4.78, 5) is 0. The van der Waals surface area contributed by atoms with Gasteiger partial charge in [-0.2, -0.15) is 8.42 Å². The zero-order chi connectivity index (χ0) is 19.7. The molecule has 2 rings (SSSR count). The molecule has 150 valence electrons. The van der Waals surface area contributed by atoms with Crippen LogP contribution in [0, 0.1) is 0 Å². The number of hydrogen-bond acceptors (Lipinski definition) is 3. The number of fused-ring (bicyclic) bond motifs is 1. The maximum absolute atomic E-state index is 12.1. The maximum atomic E-state index is 12.1. The first-order valence-corrected chi connectivity index (χ1v) is 11.6. The van der Waals surface area contributed by atoms with Crippen molar-refractivity contribution in [1.29, 1.82) is 0 Å². The van der Waals surface area contributed by atoms with E-state index >= 15 is 0 Å². The Kier molecular flexibility index (Phi) is 8.58. The Balaban J connectivity index is 2.31. The second-order valence-corrected chi connectivity index (χ2v) is 8.71. The van der Waals surface area contributed by atoms with Crippen molar-refractivity contribution in [2.45, 2.75) is 70.5 Å². The van der Waals surface area contributed by atoms with Crippen LogP contribution in [0.1, 0.15) is 76.0 Å². The lowest BCUT2D eigenvalue weighted by molar-refractivity contribution is 0.313. The molecule has 0 amide bonds. The normalized spacial score (nSPS) is 13.0. The van der Waals surface area contributed by atoms with Gasteiger partial charge in [-0.05, 0) is 29.9 Å². The monoisotopic (exact) mass is 392 g/mol. The average Bonchev–Trinajstić information content (AvgIpc) is 2.64. The lowest BCUT2D eigenvalue weighted by atomic mass is 9.98. The van der Waals surface area contributed by atoms with Gasteiger partial charge in [-0.3, -0.25) is 4.55 Å². The first kappa shape index (κ1) is 21.7. The summed E-state index contributed by atoms with van der Waals surface area (Å²) in [5, 5.41) is 0.835. The van der Waals surface area contributed by atoms with Gasteiger partial charge < -0.3 is 4.74 Å². The van der Waals surface area contributed by atoms with E-state index in [1.807, 2.05) is 30.3 Å². The topological polar surface area (TPSA) is 63.6 Å². The Hall–Kier alpha value is -1.59. The minimum Gasteiger partial charge on any atom is -0.493 e. The summed E-state index contributed by atoms with van der Waals surface area (Å²) in [5.74, 6) is 0.764. The van der Waals surface area contributed by atoms with Gasteiger partial charge in [0.1, 0.15) is 11.0 Å². The van der Waals surface area contributed by atoms with Gasteiger partial charge in [0.25, 0.3) is 10.1 Å². The van der Waals surface area contributed by atoms with Crippen LogP contribution in [0.5, 0.6) is 5.75 Å². The summed E-state index contributed by atoms with van der Waals surface area (Å²) in [6.45, 7) is 4.90. The van der Waals surface area contributed by atoms with E-state index in [1.165, 1.54) is 0 Å². The standard InChI is InChI=1S/C22H32O4S/c1-3-5-7-8-9-14-22(27(23,24)25)20-15-16-21(26-17-6-4-2)19-13-11-10-12-18(19)20/h10-13,15-16,22H,3-9,14,17H2,1-2H3,(H,23,24,25). The lowest BCUT2D eigenvalue weighted by Crippen LogP contribution is -2.13. The molecule has 1 N–H and O–H groups in total. The maximum Gasteiger partial charge on any atom is 0.272 e. The molecule has 0 saturated carbocycles. The van der Waals surface area contributed by atoms with Crippen molar-refractivity contribution in [3.8, 4) is 5.75 Å². The minimum atomic E-state index is -4.18. The van der Waals surface area contributed by atoms with Gasteiger partial charge >= 0.3 is 0 Å². The lowest BCUT2D eigenvalue weighted by Gasteiger charge is -2.18. The Morgan fingerprint density at radius 3 is 2.22 bits per heavy atom. The second-order valence-electron chi connectivity index (χ2n) is 7.11. The molecule has 0 saturated heterocycles. The molecule has 27 heavy (non-hydrogen) atoms. The molecule has 0 aliphatic rings. The Morgan fingerprint density at radius 1 is 0.889 bits per heavy atom. The van der Waals surface area contributed by atoms with E-state index in [0.29, 0.717) is 18.6 Å². The van der Waals surface area contributed by atoms with Crippen molar-refractivity contribution < 1.29 is 17.7 Å². The molecule has 0 aliphatic heterocycles. The second kappa shape index (κ2) is 10.7. The first-order chi connectivity index (χ1) is 13.0. The molecular formula is C22H32O4S. The van der Waals surface area contributed by atoms with E-state index in [-0.39, 0.29) is 0 Å². The predicted molar refractivity (Wildman–Crippen MR) is 112 cm³/mol. The van der Waals surface area contributed by atoms with Gasteiger partial charge in [-0.1, -0.05) is 82.7 Å². The fraction of sp³-hybridized carbons (Fsp3) is 0.545. The number of rotatable bonds is 12. The van der Waals surface area contributed by atoms with Crippen LogP contribution in [0.25, 0.3) is 10.8 Å². The molecule has 2 aromatic carbocycles. The number of ether oxygens (including phenoxy) is 1. The van der Waals surface area contributed by atoms with Crippen molar-refractivity contribution >= 4 is 20.9 Å². The van der Waals surface area contributed by atoms with Gasteiger partial charge in [-0.15, -0.1) is 0 Å². The fourth-order valence-corrected chi connectivity index (χ4v) is 4.42. The van der Waals surface area contributed by atoms with Gasteiger partial charge in [0.15, 0.2) is 0 Å². The highest BCUT2D eigenvalue weighted by atomic mass is 32.2. The Morgan fingerprint density at radius 2 is 1.56 bits per heavy atom. The third-order valence-electron chi connectivity index (χ3n) is 4.95. The molecule has 1 atom stereocenters. The Bertz CT molecular complexity index is 814. The molecule has 4 nitrogen and oxygen atoms in total. The summed E-state index contributed by atoms with van der Waals surface area (Å²) < 4.78 is 40.0. The predicted octanol–water partition coefficient (Wildman–Crippen LogP) is 6.31. The van der Waals surface area contributed by atoms with Crippen LogP contribution >= 0.6 is 0 Å². The number of benzene rings is 2. The molecule has 2 aromatic rings. The molecule has 0 fully saturated rings. The van der Waals surface area contributed by atoms with Crippen LogP contribution in [0.15, 0.2) is 36.4 Å². The van der Waals surface area contributed by atoms with Crippen LogP contribution in [0.3, 0.4) is 0 Å². The molecular weight excluding hydrogens is 360 g/mol. The summed E-state index contributed by atoms with van der Waals surface area (Å²) in [6, 6.07) is 11.3. The highest BCUT2D eigenvalue weighted by Gasteiger charge is 2.27. The average molecular weight is 393 g/mol. The molecule has 0 spiro atoms. The number of hydrogen-bond donors (Lipinski definition) is 1. The smallest absolute Gasteiger partial charge is 0.272 e. The summed E-state index contributed by atoms with van der Waals surface area (Å²) in [6.07, 6.45) is 7.63. The zero-order valence-electron chi connectivity index (χ0n) is 16.5. The summed E-state index contributed by atoms with van der Waals surface area (Å²) >= 11 is 0. The van der Waals surface area contributed by atoms with Crippen molar-refractivity contribution in [3.63, 3.8) is 0 Å². The highest BCUT2D eigenvalue weighted by Crippen LogP contribution is 2.37. The first-order valence-electron chi connectivity index (χ1n) is 10.1. The molecule has 0 aliphatic carbocycles. The van der Waals surface area contributed by atoms with E-state index in [2.05, 4.69) is 13.8 Å². The van der Waals surface area contributed by atoms with Gasteiger partial charge in [0.05, 0.1) is 6.61 Å². The van der Waals surface area contributed by atoms with Gasteiger partial charge in [0, 0.05) is 5.39 Å². The van der Waals surface area contributed by atoms with E-state index in [9.17, 15) is 13.0 Å². The molecule has 1 unspecified atom stereocenters. The van der Waals surface area contributed by atoms with E-state index < -0.39 is 15.4 Å². The van der Waals surface area contributed by atoms with Crippen molar-refractivity contribution in [3.05, 3.63) is 42.0 Å². The van der Waals surface area contributed by atoms with Crippen LogP contribution < -0.4 is 4.74 Å². The Labute approximate surface area is 163 Å². The van der Waals surface area contributed by atoms with Crippen molar-refractivity contribution in [1.82, 2.24) is 0 Å². The van der Waals surface area contributed by atoms with E-state index in [4.69, 9.17) is 4.74 Å². The quantitative estimate of drug-likeness (QED) is 0.340. The highest BCUT2D eigenvalue weighted by molar-refractivity contribution is 7.86. The SMILES string of the molecule is CCCCCCCC(c1ccc(OCCCC)c2ccccc12)S(=O)(=O)O. The molecule has 0 heterocycles. The molecule has 0 aromatic heterocycles. The molecule has 0 radical (unpaired) electrons. The fourth-order valence-electron chi connectivity index (χ4n) is 3.43. The molecule has 5 heteroatoms. The van der Waals surface area contributed by atoms with Crippen LogP contribution in [-0.4, -0.2) is 19.6 Å². The largest absolute Gasteiger partial charge is 0.493 e. The zero-order valence-corrected chi connectivity index (χ0v) is 17.3. The molecule has 0 bridgehead atoms. The van der Waals surface area contributed by atoms with Gasteiger partial charge in [-0.25, -0.2) is 0 Å². The van der Waals surface area contributed by atoms with Crippen molar-refractivity contribution in [2.24, 2.45) is 0 Å². The number of unbranched alkanes of at least 4 members (excludes halogenated alkanes) is 5. The van der Waals surface area contributed by atoms with Crippen LogP contribution in [0.4, 0.5) is 0 Å². The third kappa shape index (κ3) is 6.22. The van der Waals surface area contributed by atoms with Crippen LogP contribution in [0.2, 0.25) is 0 Å². The van der Waals surface area contributed by atoms with Crippen molar-refractivity contribution in [2.75, 3.05) is 6.61 Å². The minimum absolute atomic E-state index is 0.433. The van der Waals surface area contributed by atoms with E-state index in [1.54, 1.807) is 6.07 Å². The van der Waals surface area contributed by atoms with E-state index in [0.717, 1.165) is 61.5 Å². The summed E-state index contributed by atoms with van der Waals surface area (Å²) in [5.41, 5.74) is 0.659. The summed E-state index contributed by atoms with van der Waals surface area (Å²) in [7, 11) is -4.18. The third-order valence-corrected chi connectivity index (χ3v) is 6.16.